The van der Waals surface area contributed by atoms with Gasteiger partial charge in [0.2, 0.25) is 0 Å². The van der Waals surface area contributed by atoms with Crippen molar-refractivity contribution in [1.82, 2.24) is 19.8 Å². The van der Waals surface area contributed by atoms with Crippen molar-refractivity contribution in [1.29, 1.82) is 0 Å². The van der Waals surface area contributed by atoms with Gasteiger partial charge in [-0.1, -0.05) is 23.7 Å². The Kier molecular flexibility index (Phi) is 7.53. The van der Waals surface area contributed by atoms with Gasteiger partial charge in [-0.05, 0) is 63.0 Å². The Bertz CT molecular complexity index is 1290. The minimum absolute atomic E-state index is 0.00946. The van der Waals surface area contributed by atoms with Crippen molar-refractivity contribution in [2.45, 2.75) is 38.3 Å². The van der Waals surface area contributed by atoms with Gasteiger partial charge < -0.3 is 20.3 Å². The summed E-state index contributed by atoms with van der Waals surface area (Å²) < 4.78 is 33.4. The molecule has 5 rings (SSSR count). The summed E-state index contributed by atoms with van der Waals surface area (Å²) in [5, 5.41) is -0.363. The molecule has 0 radical (unpaired) electrons. The van der Waals surface area contributed by atoms with Gasteiger partial charge in [0.05, 0.1) is 16.9 Å². The summed E-state index contributed by atoms with van der Waals surface area (Å²) in [7, 11) is 0. The summed E-state index contributed by atoms with van der Waals surface area (Å²) in [5.41, 5.74) is 7.41. The molecule has 2 N–H and O–H groups in total. The normalized spacial score (nSPS) is 16.8. The lowest BCUT2D eigenvalue weighted by Gasteiger charge is -2.36. The quantitative estimate of drug-likeness (QED) is 0.457. The average Bonchev–Trinajstić information content (AvgIpc) is 3.47. The number of ether oxygens (including phenoxy) is 1. The molecule has 1 amide bonds. The summed E-state index contributed by atoms with van der Waals surface area (Å²) >= 11 is 5.88. The fourth-order valence-electron chi connectivity index (χ4n) is 5.00. The number of carbonyl (C=O) groups excluding carboxylic acids is 1. The van der Waals surface area contributed by atoms with Crippen molar-refractivity contribution in [3.63, 3.8) is 0 Å². The van der Waals surface area contributed by atoms with Gasteiger partial charge >= 0.3 is 0 Å². The molecule has 0 atom stereocenters. The lowest BCUT2D eigenvalue weighted by Crippen LogP contribution is -2.45. The maximum absolute atomic E-state index is 14.1. The summed E-state index contributed by atoms with van der Waals surface area (Å²) in [6.07, 6.45) is 5.99. The zero-order valence-corrected chi connectivity index (χ0v) is 21.1. The van der Waals surface area contributed by atoms with E-state index in [1.165, 1.54) is 32.1 Å². The number of anilines is 1. The van der Waals surface area contributed by atoms with Gasteiger partial charge in [-0.3, -0.25) is 4.79 Å². The minimum Gasteiger partial charge on any atom is -0.470 e. The van der Waals surface area contributed by atoms with Crippen molar-refractivity contribution >= 4 is 23.3 Å². The maximum atomic E-state index is 14.1. The molecule has 2 aliphatic rings. The van der Waals surface area contributed by atoms with Gasteiger partial charge in [0.15, 0.2) is 5.82 Å². The number of nitrogen functional groups attached to an aromatic ring is 1. The molecule has 3 aromatic rings. The molecule has 194 valence electrons. The maximum Gasteiger partial charge on any atom is 0.258 e. The zero-order valence-electron chi connectivity index (χ0n) is 20.3. The van der Waals surface area contributed by atoms with E-state index in [0.29, 0.717) is 22.9 Å². The van der Waals surface area contributed by atoms with Crippen LogP contribution < -0.4 is 10.5 Å². The highest BCUT2D eigenvalue weighted by molar-refractivity contribution is 6.31. The fourth-order valence-corrected chi connectivity index (χ4v) is 5.21. The largest absolute Gasteiger partial charge is 0.470 e. The highest BCUT2D eigenvalue weighted by Crippen LogP contribution is 2.28. The molecule has 7 nitrogen and oxygen atoms in total. The first-order chi connectivity index (χ1) is 17.9. The van der Waals surface area contributed by atoms with Crippen LogP contribution in [0.3, 0.4) is 0 Å². The smallest absolute Gasteiger partial charge is 0.258 e. The molecule has 0 saturated carbocycles. The van der Waals surface area contributed by atoms with Crippen LogP contribution in [-0.4, -0.2) is 57.9 Å². The van der Waals surface area contributed by atoms with Gasteiger partial charge in [-0.15, -0.1) is 0 Å². The highest BCUT2D eigenvalue weighted by Gasteiger charge is 2.28. The summed E-state index contributed by atoms with van der Waals surface area (Å²) in [5.74, 6) is -1.53. The number of rotatable bonds is 6. The Morgan fingerprint density at radius 2 is 1.81 bits per heavy atom. The molecule has 0 bridgehead atoms. The number of aromatic nitrogens is 2. The number of carbonyl (C=O) groups is 1. The molecule has 37 heavy (non-hydrogen) atoms. The molecule has 0 unspecified atom stereocenters. The van der Waals surface area contributed by atoms with E-state index in [0.717, 1.165) is 38.1 Å². The van der Waals surface area contributed by atoms with Crippen molar-refractivity contribution in [2.75, 3.05) is 31.9 Å². The summed E-state index contributed by atoms with van der Waals surface area (Å²) in [6.45, 7) is 3.43. The average molecular weight is 528 g/mol. The lowest BCUT2D eigenvalue weighted by atomic mass is 10.0. The van der Waals surface area contributed by atoms with Gasteiger partial charge in [0.25, 0.3) is 11.8 Å². The molecule has 2 fully saturated rings. The van der Waals surface area contributed by atoms with Crippen LogP contribution in [0.5, 0.6) is 5.88 Å². The first-order valence-corrected chi connectivity index (χ1v) is 12.8. The topological polar surface area (TPSA) is 84.6 Å². The Morgan fingerprint density at radius 3 is 2.57 bits per heavy atom. The molecule has 0 aliphatic carbocycles. The molecule has 0 spiro atoms. The van der Waals surface area contributed by atoms with Crippen molar-refractivity contribution in [3.8, 4) is 17.1 Å². The number of piperidine rings is 1. The summed E-state index contributed by atoms with van der Waals surface area (Å²) in [6, 6.07) is 9.64. The van der Waals surface area contributed by atoms with E-state index in [-0.39, 0.29) is 34.8 Å². The van der Waals surface area contributed by atoms with Crippen LogP contribution in [0, 0.1) is 11.6 Å². The lowest BCUT2D eigenvalue weighted by molar-refractivity contribution is 0.0644. The monoisotopic (exact) mass is 527 g/mol. The standard InChI is InChI=1S/C27H28ClF2N5O2/c28-24-20(21(29)6-7-22(24)30)16-37-26-25(31)32-15-23(33-26)17-4-3-5-18(14-17)27(36)35-12-8-19(9-13-35)34-10-1-2-11-34/h3-7,14-15,19H,1-2,8-13,16H2,(H2,31,32). The van der Waals surface area contributed by atoms with Crippen LogP contribution in [0.1, 0.15) is 41.6 Å². The van der Waals surface area contributed by atoms with Gasteiger partial charge in [-0.25, -0.2) is 18.7 Å². The molecule has 10 heteroatoms. The Morgan fingerprint density at radius 1 is 1.08 bits per heavy atom. The minimum atomic E-state index is -0.753. The number of nitrogens with two attached hydrogens (primary N) is 1. The van der Waals surface area contributed by atoms with Gasteiger partial charge in [0, 0.05) is 35.8 Å². The zero-order chi connectivity index (χ0) is 25.9. The van der Waals surface area contributed by atoms with Crippen molar-refractivity contribution < 1.29 is 18.3 Å². The number of hydrogen-bond acceptors (Lipinski definition) is 6. The second kappa shape index (κ2) is 11.0. The molecule has 2 saturated heterocycles. The van der Waals surface area contributed by atoms with E-state index in [2.05, 4.69) is 14.9 Å². The number of nitrogens with zero attached hydrogens (tertiary/aromatic N) is 4. The van der Waals surface area contributed by atoms with E-state index in [1.807, 2.05) is 11.0 Å². The van der Waals surface area contributed by atoms with E-state index in [1.54, 1.807) is 18.2 Å². The number of halogens is 3. The van der Waals surface area contributed by atoms with Crippen molar-refractivity contribution in [2.24, 2.45) is 0 Å². The molecule has 2 aromatic carbocycles. The highest BCUT2D eigenvalue weighted by atomic mass is 35.5. The first kappa shape index (κ1) is 25.4. The van der Waals surface area contributed by atoms with Crippen LogP contribution in [-0.2, 0) is 6.61 Å². The number of hydrogen-bond donors (Lipinski definition) is 1. The fraction of sp³-hybridized carbons (Fsp3) is 0.370. The van der Waals surface area contributed by atoms with Gasteiger partial charge in [0.1, 0.15) is 18.2 Å². The van der Waals surface area contributed by atoms with Gasteiger partial charge in [-0.2, -0.15) is 0 Å². The molecular formula is C27H28ClF2N5O2. The van der Waals surface area contributed by atoms with Crippen LogP contribution in [0.15, 0.2) is 42.6 Å². The second-order valence-electron chi connectivity index (χ2n) is 9.40. The van der Waals surface area contributed by atoms with Crippen molar-refractivity contribution in [3.05, 3.63) is 70.4 Å². The molecule has 3 heterocycles. The Balaban J connectivity index is 1.29. The molecule has 1 aromatic heterocycles. The predicted molar refractivity (Wildman–Crippen MR) is 137 cm³/mol. The SMILES string of the molecule is Nc1ncc(-c2cccc(C(=O)N3CCC(N4CCCC4)CC3)c2)nc1OCc1c(F)ccc(F)c1Cl. The Hall–Kier alpha value is -3.30. The van der Waals surface area contributed by atoms with E-state index in [9.17, 15) is 13.6 Å². The van der Waals surface area contributed by atoms with Crippen LogP contribution >= 0.6 is 11.6 Å². The third kappa shape index (κ3) is 5.52. The molecular weight excluding hydrogens is 500 g/mol. The number of benzene rings is 2. The predicted octanol–water partition coefficient (Wildman–Crippen LogP) is 4.94. The van der Waals surface area contributed by atoms with E-state index < -0.39 is 11.6 Å². The number of likely N-dealkylation sites (tertiary alicyclic amines) is 2. The Labute approximate surface area is 219 Å². The third-order valence-corrected chi connectivity index (χ3v) is 7.48. The second-order valence-corrected chi connectivity index (χ2v) is 9.78. The first-order valence-electron chi connectivity index (χ1n) is 12.4. The van der Waals surface area contributed by atoms with Crippen LogP contribution in [0.25, 0.3) is 11.3 Å². The summed E-state index contributed by atoms with van der Waals surface area (Å²) in [4.78, 5) is 26.2. The third-order valence-electron chi connectivity index (χ3n) is 7.07. The van der Waals surface area contributed by atoms with Crippen LogP contribution in [0.4, 0.5) is 14.6 Å². The van der Waals surface area contributed by atoms with E-state index >= 15 is 0 Å². The number of amides is 1. The van der Waals surface area contributed by atoms with Crippen LogP contribution in [0.2, 0.25) is 5.02 Å². The molecule has 2 aliphatic heterocycles. The van der Waals surface area contributed by atoms with E-state index in [4.69, 9.17) is 22.1 Å².